The molecule has 0 radical (unpaired) electrons. The highest BCUT2D eigenvalue weighted by molar-refractivity contribution is 6.32. The number of rotatable bonds is 3. The second kappa shape index (κ2) is 6.26. The zero-order valence-corrected chi connectivity index (χ0v) is 12.6. The fraction of sp³-hybridized carbons (Fsp3) is 0.0556. The molecule has 1 aromatic carbocycles. The van der Waals surface area contributed by atoms with Crippen LogP contribution in [0.5, 0.6) is 0 Å². The molecule has 0 aromatic heterocycles. The predicted octanol–water partition coefficient (Wildman–Crippen LogP) is 4.40. The molecule has 0 spiro atoms. The summed E-state index contributed by atoms with van der Waals surface area (Å²) in [5.74, 6) is -0.0527. The van der Waals surface area contributed by atoms with Gasteiger partial charge >= 0.3 is 0 Å². The largest absolute Gasteiger partial charge is 0.289 e. The minimum atomic E-state index is -0.0527. The second-order valence-corrected chi connectivity index (χ2v) is 5.14. The highest BCUT2D eigenvalue weighted by atomic mass is 35.5. The van der Waals surface area contributed by atoms with Gasteiger partial charge in [-0.3, -0.25) is 4.79 Å². The highest BCUT2D eigenvalue weighted by Crippen LogP contribution is 2.35. The number of hydrogen-bond donors (Lipinski definition) is 0. The topological polar surface area (TPSA) is 64.7 Å². The van der Waals surface area contributed by atoms with Crippen LogP contribution in [0.3, 0.4) is 0 Å². The molecule has 106 valence electrons. The van der Waals surface area contributed by atoms with Crippen molar-refractivity contribution in [3.8, 4) is 12.1 Å². The van der Waals surface area contributed by atoms with Crippen LogP contribution in [0.25, 0.3) is 5.57 Å². The van der Waals surface area contributed by atoms with Crippen molar-refractivity contribution >= 4 is 23.0 Å². The first kappa shape index (κ1) is 15.5. The third-order valence-electron chi connectivity index (χ3n) is 3.37. The summed E-state index contributed by atoms with van der Waals surface area (Å²) in [6.07, 6.45) is 4.89. The number of halogens is 1. The van der Waals surface area contributed by atoms with E-state index in [2.05, 4.69) is 6.58 Å². The molecule has 1 aliphatic carbocycles. The van der Waals surface area contributed by atoms with E-state index in [-0.39, 0.29) is 16.9 Å². The van der Waals surface area contributed by atoms with Gasteiger partial charge in [-0.25, -0.2) is 0 Å². The third-order valence-corrected chi connectivity index (χ3v) is 3.60. The zero-order chi connectivity index (χ0) is 16.3. The van der Waals surface area contributed by atoms with Gasteiger partial charge in [0.05, 0.1) is 17.2 Å². The molecule has 1 aromatic rings. The van der Waals surface area contributed by atoms with Crippen molar-refractivity contribution in [1.29, 1.82) is 10.5 Å². The monoisotopic (exact) mass is 306 g/mol. The molecule has 22 heavy (non-hydrogen) atoms. The van der Waals surface area contributed by atoms with Gasteiger partial charge in [0.1, 0.15) is 6.07 Å². The minimum Gasteiger partial charge on any atom is -0.289 e. The molecule has 0 saturated heterocycles. The number of benzene rings is 1. The number of nitrogens with zero attached hydrogens (tertiary/aromatic N) is 2. The Morgan fingerprint density at radius 1 is 1.27 bits per heavy atom. The van der Waals surface area contributed by atoms with Gasteiger partial charge in [0.25, 0.3) is 0 Å². The summed E-state index contributed by atoms with van der Waals surface area (Å²) in [5, 5.41) is 18.2. The van der Waals surface area contributed by atoms with Crippen molar-refractivity contribution in [2.75, 3.05) is 0 Å². The Balaban J connectivity index is 2.40. The van der Waals surface area contributed by atoms with E-state index < -0.39 is 0 Å². The average molecular weight is 307 g/mol. The lowest BCUT2D eigenvalue weighted by molar-refractivity contribution is 0.103. The van der Waals surface area contributed by atoms with Crippen LogP contribution in [0.1, 0.15) is 22.8 Å². The summed E-state index contributed by atoms with van der Waals surface area (Å²) in [4.78, 5) is 12.2. The molecule has 2 rings (SSSR count). The van der Waals surface area contributed by atoms with E-state index in [1.54, 1.807) is 37.3 Å². The smallest absolute Gasteiger partial charge is 0.190 e. The number of carbonyl (C=O) groups is 1. The molecule has 3 nitrogen and oxygen atoms in total. The number of hydrogen-bond acceptors (Lipinski definition) is 3. The van der Waals surface area contributed by atoms with Gasteiger partial charge in [0.15, 0.2) is 5.78 Å². The molecule has 0 unspecified atom stereocenters. The summed E-state index contributed by atoms with van der Waals surface area (Å²) < 4.78 is 0. The molecular formula is C18H11ClN2O. The number of Topliss-reactive ketones (excluding diaryl/α,β-unsaturated/α-hetero) is 1. The molecule has 0 bridgehead atoms. The Labute approximate surface area is 133 Å². The first-order chi connectivity index (χ1) is 10.5. The van der Waals surface area contributed by atoms with Gasteiger partial charge in [-0.05, 0) is 36.3 Å². The second-order valence-electron chi connectivity index (χ2n) is 4.70. The first-order valence-corrected chi connectivity index (χ1v) is 6.80. The van der Waals surface area contributed by atoms with E-state index in [0.717, 1.165) is 11.1 Å². The Morgan fingerprint density at radius 2 is 2.00 bits per heavy atom. The Morgan fingerprint density at radius 3 is 2.64 bits per heavy atom. The molecule has 0 aliphatic heterocycles. The average Bonchev–Trinajstić information content (AvgIpc) is 2.75. The Bertz CT molecular complexity index is 858. The van der Waals surface area contributed by atoms with E-state index in [0.29, 0.717) is 16.2 Å². The summed E-state index contributed by atoms with van der Waals surface area (Å²) in [5.41, 5.74) is 3.10. The summed E-state index contributed by atoms with van der Waals surface area (Å²) in [6.45, 7) is 5.25. The normalized spacial score (nSPS) is 14.0. The van der Waals surface area contributed by atoms with Crippen molar-refractivity contribution < 1.29 is 4.79 Å². The summed E-state index contributed by atoms with van der Waals surface area (Å²) >= 11 is 5.92. The van der Waals surface area contributed by atoms with Crippen LogP contribution in [0.4, 0.5) is 0 Å². The van der Waals surface area contributed by atoms with Gasteiger partial charge in [-0.2, -0.15) is 10.5 Å². The van der Waals surface area contributed by atoms with Gasteiger partial charge < -0.3 is 0 Å². The summed E-state index contributed by atoms with van der Waals surface area (Å²) in [7, 11) is 0. The number of ketones is 1. The lowest BCUT2D eigenvalue weighted by Crippen LogP contribution is -1.94. The predicted molar refractivity (Wildman–Crippen MR) is 86.0 cm³/mol. The van der Waals surface area contributed by atoms with Gasteiger partial charge in [0.2, 0.25) is 0 Å². The highest BCUT2D eigenvalue weighted by Gasteiger charge is 2.25. The van der Waals surface area contributed by atoms with Crippen molar-refractivity contribution in [2.24, 2.45) is 0 Å². The van der Waals surface area contributed by atoms with Crippen molar-refractivity contribution in [2.45, 2.75) is 6.92 Å². The molecule has 0 amide bonds. The van der Waals surface area contributed by atoms with Crippen molar-refractivity contribution in [3.05, 3.63) is 75.9 Å². The number of allylic oxidation sites excluding steroid dienone is 7. The van der Waals surface area contributed by atoms with Crippen molar-refractivity contribution in [3.63, 3.8) is 0 Å². The first-order valence-electron chi connectivity index (χ1n) is 6.43. The lowest BCUT2D eigenvalue weighted by Gasteiger charge is -2.00. The maximum atomic E-state index is 12.2. The molecular weight excluding hydrogens is 296 g/mol. The molecule has 1 aliphatic rings. The van der Waals surface area contributed by atoms with E-state index in [9.17, 15) is 4.79 Å². The van der Waals surface area contributed by atoms with Gasteiger partial charge in [-0.1, -0.05) is 36.4 Å². The number of fused-ring (bicyclic) bond motifs is 1. The molecule has 4 heteroatoms. The third kappa shape index (κ3) is 2.76. The molecule has 0 heterocycles. The number of carbonyl (C=O) groups excluding carboxylic acids is 1. The van der Waals surface area contributed by atoms with Crippen LogP contribution in [-0.2, 0) is 0 Å². The van der Waals surface area contributed by atoms with Crippen LogP contribution in [0, 0.1) is 22.7 Å². The Hall–Kier alpha value is -2.88. The molecule has 0 saturated carbocycles. The quantitative estimate of drug-likeness (QED) is 0.614. The van der Waals surface area contributed by atoms with Gasteiger partial charge in [0, 0.05) is 16.2 Å². The fourth-order valence-corrected chi connectivity index (χ4v) is 2.36. The molecule has 0 fully saturated rings. The summed E-state index contributed by atoms with van der Waals surface area (Å²) in [6, 6.07) is 8.93. The van der Waals surface area contributed by atoms with E-state index >= 15 is 0 Å². The van der Waals surface area contributed by atoms with E-state index in [1.165, 1.54) is 6.08 Å². The van der Waals surface area contributed by atoms with Crippen LogP contribution in [0.15, 0.2) is 59.7 Å². The maximum absolute atomic E-state index is 12.2. The zero-order valence-electron chi connectivity index (χ0n) is 11.9. The number of nitriles is 2. The van der Waals surface area contributed by atoms with Crippen molar-refractivity contribution in [1.82, 2.24) is 0 Å². The van der Waals surface area contributed by atoms with Gasteiger partial charge in [-0.15, -0.1) is 0 Å². The minimum absolute atomic E-state index is 0.0527. The molecule has 0 N–H and O–H groups in total. The molecule has 0 atom stereocenters. The lowest BCUT2D eigenvalue weighted by atomic mass is 10.0. The maximum Gasteiger partial charge on any atom is 0.190 e. The fourth-order valence-electron chi connectivity index (χ4n) is 2.19. The van der Waals surface area contributed by atoms with E-state index in [4.69, 9.17) is 22.1 Å². The van der Waals surface area contributed by atoms with Crippen LogP contribution in [-0.4, -0.2) is 5.78 Å². The Kier molecular flexibility index (Phi) is 4.41. The standard InChI is InChI=1S/C18H11ClN2O/c1-11(9-20)13(10-21)4-3-5-15-12(2)18(22)17-8-14(19)6-7-16(15)17/h3-8H,1H2,2H3/b5-3+,13-4+. The van der Waals surface area contributed by atoms with Crippen LogP contribution in [0.2, 0.25) is 5.02 Å². The SMILES string of the molecule is C=C(C#N)/C(C#N)=C/C=C/C1=C(C)C(=O)c2cc(Cl)ccc21. The van der Waals surface area contributed by atoms with Crippen LogP contribution < -0.4 is 0 Å². The van der Waals surface area contributed by atoms with Crippen LogP contribution >= 0.6 is 11.6 Å². The van der Waals surface area contributed by atoms with E-state index in [1.807, 2.05) is 12.1 Å².